The number of aliphatic carboxylic acids is 1. The Kier molecular flexibility index (Phi) is 7.26. The first-order chi connectivity index (χ1) is 14.7. The van der Waals surface area contributed by atoms with E-state index in [1.807, 2.05) is 28.6 Å². The number of carboxylic acids is 1. The average molecular weight is 456 g/mol. The number of halogens is 3. The van der Waals surface area contributed by atoms with Gasteiger partial charge in [0.05, 0.1) is 11.2 Å². The minimum atomic E-state index is -5.08. The van der Waals surface area contributed by atoms with Gasteiger partial charge in [-0.25, -0.2) is 9.78 Å². The van der Waals surface area contributed by atoms with Crippen LogP contribution in [0.1, 0.15) is 35.4 Å². The van der Waals surface area contributed by atoms with Crippen molar-refractivity contribution in [1.29, 1.82) is 0 Å². The van der Waals surface area contributed by atoms with Crippen molar-refractivity contribution in [2.75, 3.05) is 26.2 Å². The molecule has 2 aromatic rings. The maximum absolute atomic E-state index is 12.5. The van der Waals surface area contributed by atoms with Crippen LogP contribution in [-0.2, 0) is 11.3 Å². The van der Waals surface area contributed by atoms with Crippen LogP contribution in [0.25, 0.3) is 0 Å². The zero-order valence-corrected chi connectivity index (χ0v) is 17.5. The maximum atomic E-state index is 12.5. The average Bonchev–Trinajstić information content (AvgIpc) is 3.41. The van der Waals surface area contributed by atoms with Gasteiger partial charge in [0.2, 0.25) is 0 Å². The van der Waals surface area contributed by atoms with E-state index in [9.17, 15) is 18.0 Å². The smallest absolute Gasteiger partial charge is 0.475 e. The summed E-state index contributed by atoms with van der Waals surface area (Å²) in [4.78, 5) is 34.5. The largest absolute Gasteiger partial charge is 0.490 e. The highest BCUT2D eigenvalue weighted by molar-refractivity contribution is 7.07. The van der Waals surface area contributed by atoms with E-state index in [1.165, 1.54) is 24.2 Å². The van der Waals surface area contributed by atoms with E-state index in [-0.39, 0.29) is 5.91 Å². The molecule has 2 aromatic heterocycles. The molecule has 2 aliphatic rings. The number of amides is 1. The van der Waals surface area contributed by atoms with E-state index in [4.69, 9.17) is 9.90 Å². The van der Waals surface area contributed by atoms with Crippen molar-refractivity contribution < 1.29 is 27.9 Å². The number of aromatic nitrogens is 2. The van der Waals surface area contributed by atoms with Gasteiger partial charge in [0.15, 0.2) is 0 Å². The summed E-state index contributed by atoms with van der Waals surface area (Å²) in [5, 5.41) is 8.97. The van der Waals surface area contributed by atoms with Gasteiger partial charge in [-0.3, -0.25) is 14.7 Å². The Morgan fingerprint density at radius 3 is 2.35 bits per heavy atom. The lowest BCUT2D eigenvalue weighted by Crippen LogP contribution is -2.42. The van der Waals surface area contributed by atoms with Crippen molar-refractivity contribution >= 4 is 23.2 Å². The zero-order valence-electron chi connectivity index (χ0n) is 16.7. The molecular weight excluding hydrogens is 433 g/mol. The first kappa shape index (κ1) is 23.1. The molecule has 0 atom stereocenters. The standard InChI is InChI=1S/C18H22N4OS.C2HF3O2/c23-17(16-12-24-14-20-16)22-10-6-18(13-22)4-8-21(9-5-18)11-15-3-1-2-7-19-15;3-2(4,5)1(6)7/h1-3,7,12,14H,4-6,8-11,13H2;(H,6,7). The summed E-state index contributed by atoms with van der Waals surface area (Å²) in [6, 6.07) is 6.10. The highest BCUT2D eigenvalue weighted by Gasteiger charge is 2.42. The molecular formula is C20H23F3N4O3S. The van der Waals surface area contributed by atoms with Crippen LogP contribution in [0.15, 0.2) is 35.3 Å². The number of hydrogen-bond acceptors (Lipinski definition) is 6. The van der Waals surface area contributed by atoms with E-state index >= 15 is 0 Å². The third kappa shape index (κ3) is 6.23. The molecule has 2 saturated heterocycles. The molecule has 2 fully saturated rings. The molecule has 0 unspecified atom stereocenters. The lowest BCUT2D eigenvalue weighted by Gasteiger charge is -2.39. The summed E-state index contributed by atoms with van der Waals surface area (Å²) in [6.07, 6.45) is 0.237. The van der Waals surface area contributed by atoms with Crippen LogP contribution in [0.3, 0.4) is 0 Å². The Hall–Kier alpha value is -2.53. The normalized spacial score (nSPS) is 18.5. The summed E-state index contributed by atoms with van der Waals surface area (Å²) in [5.74, 6) is -2.66. The molecule has 0 bridgehead atoms. The predicted molar refractivity (Wildman–Crippen MR) is 108 cm³/mol. The van der Waals surface area contributed by atoms with Crippen molar-refractivity contribution in [3.8, 4) is 0 Å². The van der Waals surface area contributed by atoms with Crippen LogP contribution in [-0.4, -0.2) is 69.1 Å². The van der Waals surface area contributed by atoms with Gasteiger partial charge in [0.1, 0.15) is 5.69 Å². The van der Waals surface area contributed by atoms with E-state index in [0.29, 0.717) is 11.1 Å². The second-order valence-electron chi connectivity index (χ2n) is 7.75. The molecule has 1 spiro atoms. The van der Waals surface area contributed by atoms with E-state index in [2.05, 4.69) is 20.9 Å². The van der Waals surface area contributed by atoms with Gasteiger partial charge in [0, 0.05) is 31.2 Å². The first-order valence-electron chi connectivity index (χ1n) is 9.78. The molecule has 0 radical (unpaired) electrons. The minimum absolute atomic E-state index is 0.101. The van der Waals surface area contributed by atoms with Gasteiger partial charge < -0.3 is 10.0 Å². The highest BCUT2D eigenvalue weighted by Crippen LogP contribution is 2.41. The lowest BCUT2D eigenvalue weighted by molar-refractivity contribution is -0.192. The van der Waals surface area contributed by atoms with E-state index in [1.54, 1.807) is 5.51 Å². The van der Waals surface area contributed by atoms with Crippen LogP contribution >= 0.6 is 11.3 Å². The van der Waals surface area contributed by atoms with Crippen LogP contribution in [0, 0.1) is 5.41 Å². The van der Waals surface area contributed by atoms with E-state index in [0.717, 1.165) is 44.8 Å². The Morgan fingerprint density at radius 2 is 1.81 bits per heavy atom. The Bertz CT molecular complexity index is 870. The summed E-state index contributed by atoms with van der Waals surface area (Å²) < 4.78 is 31.7. The van der Waals surface area contributed by atoms with Crippen molar-refractivity contribution in [2.24, 2.45) is 5.41 Å². The van der Waals surface area contributed by atoms with Gasteiger partial charge in [-0.05, 0) is 49.9 Å². The molecule has 0 saturated carbocycles. The number of carboxylic acid groups (broad SMARTS) is 1. The Morgan fingerprint density at radius 1 is 1.13 bits per heavy atom. The van der Waals surface area contributed by atoms with Crippen molar-refractivity contribution in [3.63, 3.8) is 0 Å². The molecule has 1 N–H and O–H groups in total. The van der Waals surface area contributed by atoms with E-state index < -0.39 is 12.1 Å². The molecule has 7 nitrogen and oxygen atoms in total. The number of pyridine rings is 1. The molecule has 31 heavy (non-hydrogen) atoms. The monoisotopic (exact) mass is 456 g/mol. The molecule has 0 aliphatic carbocycles. The molecule has 168 valence electrons. The van der Waals surface area contributed by atoms with Gasteiger partial charge >= 0.3 is 12.1 Å². The topological polar surface area (TPSA) is 86.6 Å². The van der Waals surface area contributed by atoms with Crippen LogP contribution in [0.4, 0.5) is 13.2 Å². The fraction of sp³-hybridized carbons (Fsp3) is 0.500. The Balaban J connectivity index is 0.000000339. The van der Waals surface area contributed by atoms with Crippen LogP contribution in [0.2, 0.25) is 0 Å². The lowest BCUT2D eigenvalue weighted by atomic mass is 9.78. The molecule has 0 aromatic carbocycles. The van der Waals surface area contributed by atoms with Gasteiger partial charge in [-0.2, -0.15) is 13.2 Å². The van der Waals surface area contributed by atoms with Crippen molar-refractivity contribution in [3.05, 3.63) is 46.7 Å². The zero-order chi connectivity index (χ0) is 22.5. The number of alkyl halides is 3. The van der Waals surface area contributed by atoms with Crippen molar-refractivity contribution in [1.82, 2.24) is 19.8 Å². The minimum Gasteiger partial charge on any atom is -0.475 e. The molecule has 11 heteroatoms. The Labute approximate surface area is 181 Å². The molecule has 4 heterocycles. The summed E-state index contributed by atoms with van der Waals surface area (Å²) in [5.41, 5.74) is 3.78. The summed E-state index contributed by atoms with van der Waals surface area (Å²) >= 11 is 1.48. The number of likely N-dealkylation sites (tertiary alicyclic amines) is 2. The summed E-state index contributed by atoms with van der Waals surface area (Å²) in [6.45, 7) is 4.88. The van der Waals surface area contributed by atoms with Crippen LogP contribution < -0.4 is 0 Å². The quantitative estimate of drug-likeness (QED) is 0.763. The fourth-order valence-electron chi connectivity index (χ4n) is 3.90. The molecule has 2 aliphatic heterocycles. The van der Waals surface area contributed by atoms with Gasteiger partial charge in [0.25, 0.3) is 5.91 Å². The predicted octanol–water partition coefficient (Wildman–Crippen LogP) is 3.30. The summed E-state index contributed by atoms with van der Waals surface area (Å²) in [7, 11) is 0. The van der Waals surface area contributed by atoms with Gasteiger partial charge in [-0.1, -0.05) is 6.07 Å². The number of nitrogens with zero attached hydrogens (tertiary/aromatic N) is 4. The third-order valence-corrected chi connectivity index (χ3v) is 6.23. The SMILES string of the molecule is O=C(O)C(F)(F)F.O=C(c1cscn1)N1CCC2(CCN(Cc3ccccn3)CC2)C1. The first-order valence-corrected chi connectivity index (χ1v) is 10.7. The third-order valence-electron chi connectivity index (χ3n) is 5.65. The number of piperidine rings is 1. The number of carbonyl (C=O) groups excluding carboxylic acids is 1. The van der Waals surface area contributed by atoms with Gasteiger partial charge in [-0.15, -0.1) is 11.3 Å². The second kappa shape index (κ2) is 9.73. The number of carbonyl (C=O) groups is 2. The maximum Gasteiger partial charge on any atom is 0.490 e. The fourth-order valence-corrected chi connectivity index (χ4v) is 4.43. The number of thiazole rings is 1. The second-order valence-corrected chi connectivity index (χ2v) is 8.47. The number of rotatable bonds is 3. The highest BCUT2D eigenvalue weighted by atomic mass is 32.1. The number of hydrogen-bond donors (Lipinski definition) is 1. The van der Waals surface area contributed by atoms with Crippen molar-refractivity contribution in [2.45, 2.75) is 32.0 Å². The van der Waals surface area contributed by atoms with Crippen LogP contribution in [0.5, 0.6) is 0 Å². The molecule has 1 amide bonds. The molecule has 4 rings (SSSR count).